The molecule has 1 spiro atoms. The van der Waals surface area contributed by atoms with Crippen molar-refractivity contribution in [3.05, 3.63) is 29.1 Å². The molecule has 3 rings (SSSR count). The molecule has 0 saturated heterocycles. The van der Waals surface area contributed by atoms with Gasteiger partial charge in [-0.3, -0.25) is 0 Å². The number of nitrogens with zero attached hydrogens (tertiary/aromatic N) is 1. The lowest BCUT2D eigenvalue weighted by atomic mass is 9.41. The molecule has 0 unspecified atom stereocenters. The Morgan fingerprint density at radius 2 is 2.00 bits per heavy atom. The van der Waals surface area contributed by atoms with Crippen LogP contribution in [0.5, 0.6) is 0 Å². The standard InChI is InChI=1S/C21H34N/c1-14(2)17-9-8-16(4)18-11-12-20(5,22-6)19-10-7-15(3)13-21(17,18)19/h13,16-19H,1,7-12H2,2-6H3/q-1/t16-,17+,18+,19+,20-,21+/m0/s1. The van der Waals surface area contributed by atoms with Gasteiger partial charge in [-0.1, -0.05) is 50.5 Å². The smallest absolute Gasteiger partial charge is 0.000282 e. The highest BCUT2D eigenvalue weighted by atomic mass is 15.0. The van der Waals surface area contributed by atoms with Gasteiger partial charge in [0.15, 0.2) is 0 Å². The van der Waals surface area contributed by atoms with E-state index in [0.717, 1.165) is 11.8 Å². The molecule has 0 N–H and O–H groups in total. The van der Waals surface area contributed by atoms with Crippen LogP contribution >= 0.6 is 0 Å². The Hall–Kier alpha value is -0.560. The Bertz CT molecular complexity index is 490. The Labute approximate surface area is 137 Å². The van der Waals surface area contributed by atoms with Crippen molar-refractivity contribution < 1.29 is 0 Å². The topological polar surface area (TPSA) is 14.1 Å². The van der Waals surface area contributed by atoms with Crippen molar-refractivity contribution >= 4 is 0 Å². The number of allylic oxidation sites excluding steroid dienone is 3. The zero-order valence-electron chi connectivity index (χ0n) is 15.3. The van der Waals surface area contributed by atoms with Crippen molar-refractivity contribution in [2.75, 3.05) is 7.05 Å². The highest BCUT2D eigenvalue weighted by molar-refractivity contribution is 5.30. The van der Waals surface area contributed by atoms with E-state index in [-0.39, 0.29) is 5.54 Å². The number of rotatable bonds is 2. The lowest BCUT2D eigenvalue weighted by Gasteiger charge is -2.68. The van der Waals surface area contributed by atoms with Gasteiger partial charge in [0.25, 0.3) is 0 Å². The summed E-state index contributed by atoms with van der Waals surface area (Å²) in [6, 6.07) is 0. The van der Waals surface area contributed by atoms with Crippen LogP contribution in [0.4, 0.5) is 0 Å². The van der Waals surface area contributed by atoms with E-state index >= 15 is 0 Å². The van der Waals surface area contributed by atoms with Crippen molar-refractivity contribution in [2.24, 2.45) is 29.1 Å². The van der Waals surface area contributed by atoms with Crippen LogP contribution in [0.3, 0.4) is 0 Å². The first-order valence-electron chi connectivity index (χ1n) is 9.30. The van der Waals surface area contributed by atoms with Gasteiger partial charge in [-0.25, -0.2) is 0 Å². The first kappa shape index (κ1) is 16.3. The molecule has 6 atom stereocenters. The van der Waals surface area contributed by atoms with Crippen molar-refractivity contribution in [3.8, 4) is 0 Å². The molecule has 0 aromatic rings. The molecule has 1 nitrogen and oxygen atoms in total. The van der Waals surface area contributed by atoms with Gasteiger partial charge >= 0.3 is 0 Å². The quantitative estimate of drug-likeness (QED) is 0.545. The maximum absolute atomic E-state index is 4.93. The highest BCUT2D eigenvalue weighted by Gasteiger charge is 2.58. The van der Waals surface area contributed by atoms with E-state index in [4.69, 9.17) is 5.32 Å². The molecule has 3 aliphatic carbocycles. The minimum atomic E-state index is 0.165. The monoisotopic (exact) mass is 300 g/mol. The lowest BCUT2D eigenvalue weighted by Crippen LogP contribution is -2.60. The van der Waals surface area contributed by atoms with E-state index in [0.29, 0.717) is 17.3 Å². The molecule has 2 fully saturated rings. The molecule has 0 bridgehead atoms. The van der Waals surface area contributed by atoms with Gasteiger partial charge in [0, 0.05) is 0 Å². The summed E-state index contributed by atoms with van der Waals surface area (Å²) in [7, 11) is 2.06. The van der Waals surface area contributed by atoms with E-state index in [1.807, 2.05) is 0 Å². The van der Waals surface area contributed by atoms with Gasteiger partial charge in [0.05, 0.1) is 0 Å². The Morgan fingerprint density at radius 3 is 2.64 bits per heavy atom. The minimum absolute atomic E-state index is 0.165. The summed E-state index contributed by atoms with van der Waals surface area (Å²) in [4.78, 5) is 0. The van der Waals surface area contributed by atoms with Crippen molar-refractivity contribution in [1.29, 1.82) is 0 Å². The normalized spacial score (nSPS) is 48.1. The SMILES string of the molecule is C=C(C)[C@H]1CC[C@H](C)[C@H]2CC[C@](C)([N-]C)[C@H]3CCC(C)=C[C@@]123. The maximum Gasteiger partial charge on any atom is -0.000282 e. The van der Waals surface area contributed by atoms with Crippen molar-refractivity contribution in [1.82, 2.24) is 0 Å². The first-order valence-corrected chi connectivity index (χ1v) is 9.30. The van der Waals surface area contributed by atoms with Gasteiger partial charge in [-0.2, -0.15) is 7.05 Å². The summed E-state index contributed by atoms with van der Waals surface area (Å²) < 4.78 is 0. The first-order chi connectivity index (χ1) is 10.3. The Balaban J connectivity index is 2.17. The summed E-state index contributed by atoms with van der Waals surface area (Å²) in [6.07, 6.45) is 10.6. The summed E-state index contributed by atoms with van der Waals surface area (Å²) in [6.45, 7) is 14.0. The van der Waals surface area contributed by atoms with Crippen molar-refractivity contribution in [2.45, 2.75) is 71.8 Å². The Morgan fingerprint density at radius 1 is 1.27 bits per heavy atom. The molecule has 124 valence electrons. The van der Waals surface area contributed by atoms with Crippen LogP contribution < -0.4 is 0 Å². The molecular weight excluding hydrogens is 266 g/mol. The van der Waals surface area contributed by atoms with Crippen LogP contribution in [0.2, 0.25) is 0 Å². The minimum Gasteiger partial charge on any atom is -0.659 e. The molecule has 0 heterocycles. The summed E-state index contributed by atoms with van der Waals surface area (Å²) in [5.41, 5.74) is 3.52. The second-order valence-electron chi connectivity index (χ2n) is 8.76. The third-order valence-electron chi connectivity index (χ3n) is 7.59. The average Bonchev–Trinajstić information content (AvgIpc) is 2.46. The van der Waals surface area contributed by atoms with Crippen LogP contribution in [-0.2, 0) is 0 Å². The fourth-order valence-corrected chi connectivity index (χ4v) is 6.51. The summed E-state index contributed by atoms with van der Waals surface area (Å²) in [5.74, 6) is 3.05. The van der Waals surface area contributed by atoms with Gasteiger partial charge in [-0.05, 0) is 68.6 Å². The fraction of sp³-hybridized carbons (Fsp3) is 0.810. The van der Waals surface area contributed by atoms with Crippen LogP contribution in [0.1, 0.15) is 66.2 Å². The zero-order valence-corrected chi connectivity index (χ0v) is 15.3. The largest absolute Gasteiger partial charge is 0.659 e. The second-order valence-corrected chi connectivity index (χ2v) is 8.76. The highest BCUT2D eigenvalue weighted by Crippen LogP contribution is 2.66. The second kappa shape index (κ2) is 5.51. The van der Waals surface area contributed by atoms with Crippen LogP contribution in [-0.4, -0.2) is 12.6 Å². The van der Waals surface area contributed by atoms with Crippen LogP contribution in [0.15, 0.2) is 23.8 Å². The van der Waals surface area contributed by atoms with Gasteiger partial charge in [0.2, 0.25) is 0 Å². The molecule has 22 heavy (non-hydrogen) atoms. The van der Waals surface area contributed by atoms with Gasteiger partial charge in [-0.15, -0.1) is 5.54 Å². The Kier molecular flexibility index (Phi) is 4.08. The van der Waals surface area contributed by atoms with Gasteiger partial charge < -0.3 is 5.32 Å². The number of hydrogen-bond acceptors (Lipinski definition) is 0. The molecule has 0 aromatic heterocycles. The third kappa shape index (κ3) is 2.15. The fourth-order valence-electron chi connectivity index (χ4n) is 6.51. The van der Waals surface area contributed by atoms with E-state index in [1.165, 1.54) is 44.1 Å². The van der Waals surface area contributed by atoms with E-state index in [9.17, 15) is 0 Å². The predicted octanol–water partition coefficient (Wildman–Crippen LogP) is 6.12. The lowest BCUT2D eigenvalue weighted by molar-refractivity contribution is -0.0750. The molecule has 3 aliphatic rings. The van der Waals surface area contributed by atoms with Crippen molar-refractivity contribution in [3.63, 3.8) is 0 Å². The summed E-state index contributed by atoms with van der Waals surface area (Å²) >= 11 is 0. The van der Waals surface area contributed by atoms with E-state index < -0.39 is 0 Å². The zero-order chi connectivity index (χ0) is 16.1. The third-order valence-corrected chi connectivity index (χ3v) is 7.59. The molecule has 1 heteroatoms. The van der Waals surface area contributed by atoms with Crippen LogP contribution in [0, 0.1) is 29.1 Å². The molecular formula is C21H34N-. The van der Waals surface area contributed by atoms with E-state index in [2.05, 4.69) is 47.4 Å². The molecule has 0 aliphatic heterocycles. The number of hydrogen-bond donors (Lipinski definition) is 0. The average molecular weight is 301 g/mol. The molecule has 0 amide bonds. The maximum atomic E-state index is 4.93. The van der Waals surface area contributed by atoms with Crippen LogP contribution in [0.25, 0.3) is 5.32 Å². The molecule has 0 aromatic carbocycles. The predicted molar refractivity (Wildman–Crippen MR) is 96.0 cm³/mol. The van der Waals surface area contributed by atoms with E-state index in [1.54, 1.807) is 5.57 Å². The molecule has 0 radical (unpaired) electrons. The molecule has 2 saturated carbocycles. The van der Waals surface area contributed by atoms with Gasteiger partial charge in [0.1, 0.15) is 0 Å². The summed E-state index contributed by atoms with van der Waals surface area (Å²) in [5, 5.41) is 4.93.